The standard InChI is InChI=1S/C15H19N3O4S/c19-15(17-10-12-5-4-8-22-12)14-9-13(11-16-14)23(20,21)18-6-2-1-3-7-18/h4-5,8-9,11,16H,1-3,6-7,10H2,(H,17,19). The molecule has 1 aliphatic rings. The summed E-state index contributed by atoms with van der Waals surface area (Å²) in [6.07, 6.45) is 5.70. The largest absolute Gasteiger partial charge is 0.467 e. The fourth-order valence-electron chi connectivity index (χ4n) is 2.58. The fraction of sp³-hybridized carbons (Fsp3) is 0.400. The summed E-state index contributed by atoms with van der Waals surface area (Å²) < 4.78 is 31.7. The molecule has 1 saturated heterocycles. The van der Waals surface area contributed by atoms with Crippen LogP contribution in [0, 0.1) is 0 Å². The lowest BCUT2D eigenvalue weighted by Crippen LogP contribution is -2.35. The number of rotatable bonds is 5. The molecule has 23 heavy (non-hydrogen) atoms. The van der Waals surface area contributed by atoms with Gasteiger partial charge >= 0.3 is 0 Å². The highest BCUT2D eigenvalue weighted by Gasteiger charge is 2.27. The van der Waals surface area contributed by atoms with Gasteiger partial charge in [-0.1, -0.05) is 6.42 Å². The first-order valence-electron chi connectivity index (χ1n) is 7.56. The molecule has 0 radical (unpaired) electrons. The Morgan fingerprint density at radius 3 is 2.78 bits per heavy atom. The maximum Gasteiger partial charge on any atom is 0.268 e. The normalized spacial score (nSPS) is 16.3. The van der Waals surface area contributed by atoms with Crippen LogP contribution in [0.25, 0.3) is 0 Å². The molecule has 0 aliphatic carbocycles. The highest BCUT2D eigenvalue weighted by atomic mass is 32.2. The van der Waals surface area contributed by atoms with Crippen molar-refractivity contribution in [2.75, 3.05) is 13.1 Å². The summed E-state index contributed by atoms with van der Waals surface area (Å²) in [4.78, 5) is 14.9. The number of hydrogen-bond acceptors (Lipinski definition) is 4. The molecule has 2 N–H and O–H groups in total. The summed E-state index contributed by atoms with van der Waals surface area (Å²) in [5.41, 5.74) is 0.215. The van der Waals surface area contributed by atoms with E-state index in [-0.39, 0.29) is 23.0 Å². The monoisotopic (exact) mass is 337 g/mol. The summed E-state index contributed by atoms with van der Waals surface area (Å²) >= 11 is 0. The van der Waals surface area contributed by atoms with E-state index >= 15 is 0 Å². The average molecular weight is 337 g/mol. The van der Waals surface area contributed by atoms with Crippen LogP contribution in [-0.2, 0) is 16.6 Å². The summed E-state index contributed by atoms with van der Waals surface area (Å²) in [5, 5.41) is 2.67. The highest BCUT2D eigenvalue weighted by Crippen LogP contribution is 2.21. The zero-order valence-electron chi connectivity index (χ0n) is 12.6. The molecule has 2 aromatic heterocycles. The van der Waals surface area contributed by atoms with Crippen molar-refractivity contribution in [1.82, 2.24) is 14.6 Å². The quantitative estimate of drug-likeness (QED) is 0.868. The van der Waals surface area contributed by atoms with Gasteiger partial charge < -0.3 is 14.7 Å². The Morgan fingerprint density at radius 1 is 1.30 bits per heavy atom. The zero-order valence-corrected chi connectivity index (χ0v) is 13.4. The Morgan fingerprint density at radius 2 is 2.09 bits per heavy atom. The molecule has 0 bridgehead atoms. The van der Waals surface area contributed by atoms with Crippen molar-refractivity contribution < 1.29 is 17.6 Å². The molecule has 1 fully saturated rings. The molecule has 8 heteroatoms. The van der Waals surface area contributed by atoms with Crippen LogP contribution in [0.15, 0.2) is 40.0 Å². The first kappa shape index (κ1) is 15.8. The Labute approximate surface area is 134 Å². The van der Waals surface area contributed by atoms with Gasteiger partial charge in [-0.3, -0.25) is 4.79 Å². The smallest absolute Gasteiger partial charge is 0.268 e. The summed E-state index contributed by atoms with van der Waals surface area (Å²) in [6, 6.07) is 4.86. The number of hydrogen-bond donors (Lipinski definition) is 2. The van der Waals surface area contributed by atoms with E-state index in [4.69, 9.17) is 4.42 Å². The van der Waals surface area contributed by atoms with Crippen molar-refractivity contribution in [2.24, 2.45) is 0 Å². The van der Waals surface area contributed by atoms with Gasteiger partial charge in [0.15, 0.2) is 0 Å². The van der Waals surface area contributed by atoms with Gasteiger partial charge in [0, 0.05) is 19.3 Å². The van der Waals surface area contributed by atoms with Gasteiger partial charge in [-0.25, -0.2) is 8.42 Å². The van der Waals surface area contributed by atoms with Crippen LogP contribution in [0.1, 0.15) is 35.5 Å². The number of piperidine rings is 1. The Bertz CT molecular complexity index is 759. The van der Waals surface area contributed by atoms with Gasteiger partial charge in [0.2, 0.25) is 10.0 Å². The number of nitrogens with one attached hydrogen (secondary N) is 2. The van der Waals surface area contributed by atoms with E-state index in [1.165, 1.54) is 22.8 Å². The summed E-state index contributed by atoms with van der Waals surface area (Å²) in [7, 11) is -3.53. The third kappa shape index (κ3) is 3.48. The van der Waals surface area contributed by atoms with Gasteiger partial charge in [0.25, 0.3) is 5.91 Å². The van der Waals surface area contributed by atoms with E-state index in [9.17, 15) is 13.2 Å². The molecule has 3 heterocycles. The molecule has 2 aromatic rings. The van der Waals surface area contributed by atoms with Gasteiger partial charge in [0.1, 0.15) is 16.3 Å². The minimum Gasteiger partial charge on any atom is -0.467 e. The lowest BCUT2D eigenvalue weighted by molar-refractivity contribution is 0.0943. The molecule has 1 amide bonds. The molecule has 0 saturated carbocycles. The van der Waals surface area contributed by atoms with Crippen LogP contribution in [-0.4, -0.2) is 36.7 Å². The number of amides is 1. The predicted octanol–water partition coefficient (Wildman–Crippen LogP) is 1.71. The number of sulfonamides is 1. The molecule has 0 aromatic carbocycles. The van der Waals surface area contributed by atoms with E-state index in [1.807, 2.05) is 0 Å². The average Bonchev–Trinajstić information content (AvgIpc) is 3.25. The number of furan rings is 1. The minimum atomic E-state index is -3.53. The van der Waals surface area contributed by atoms with Crippen LogP contribution in [0.2, 0.25) is 0 Å². The number of aromatic amines is 1. The topological polar surface area (TPSA) is 95.4 Å². The van der Waals surface area contributed by atoms with Crippen molar-refractivity contribution in [2.45, 2.75) is 30.7 Å². The van der Waals surface area contributed by atoms with Crippen molar-refractivity contribution in [3.8, 4) is 0 Å². The van der Waals surface area contributed by atoms with E-state index in [2.05, 4.69) is 10.3 Å². The molecule has 0 spiro atoms. The lowest BCUT2D eigenvalue weighted by atomic mass is 10.2. The second-order valence-corrected chi connectivity index (χ2v) is 7.41. The van der Waals surface area contributed by atoms with Crippen LogP contribution >= 0.6 is 0 Å². The zero-order chi connectivity index (χ0) is 16.3. The molecular weight excluding hydrogens is 318 g/mol. The first-order chi connectivity index (χ1) is 11.1. The van der Waals surface area contributed by atoms with Crippen molar-refractivity contribution >= 4 is 15.9 Å². The molecule has 7 nitrogen and oxygen atoms in total. The van der Waals surface area contributed by atoms with Gasteiger partial charge in [-0.2, -0.15) is 4.31 Å². The minimum absolute atomic E-state index is 0.127. The fourth-order valence-corrected chi connectivity index (χ4v) is 4.10. The third-order valence-electron chi connectivity index (χ3n) is 3.86. The maximum atomic E-state index is 12.5. The van der Waals surface area contributed by atoms with Crippen molar-refractivity contribution in [3.05, 3.63) is 42.1 Å². The molecule has 124 valence electrons. The van der Waals surface area contributed by atoms with E-state index < -0.39 is 10.0 Å². The molecule has 0 atom stereocenters. The SMILES string of the molecule is O=C(NCc1ccco1)c1cc(S(=O)(=O)N2CCCCC2)c[nH]1. The van der Waals surface area contributed by atoms with E-state index in [0.717, 1.165) is 19.3 Å². The van der Waals surface area contributed by atoms with Crippen molar-refractivity contribution in [3.63, 3.8) is 0 Å². The molecule has 1 aliphatic heterocycles. The van der Waals surface area contributed by atoms with Gasteiger partial charge in [0.05, 0.1) is 12.8 Å². The second-order valence-electron chi connectivity index (χ2n) is 5.48. The van der Waals surface area contributed by atoms with Crippen LogP contribution in [0.3, 0.4) is 0 Å². The number of aromatic nitrogens is 1. The number of carbonyl (C=O) groups is 1. The molecular formula is C15H19N3O4S. The Kier molecular flexibility index (Phi) is 4.53. The first-order valence-corrected chi connectivity index (χ1v) is 9.00. The molecule has 3 rings (SSSR count). The number of carbonyl (C=O) groups excluding carboxylic acids is 1. The van der Waals surface area contributed by atoms with E-state index in [0.29, 0.717) is 18.8 Å². The predicted molar refractivity (Wildman–Crippen MR) is 83.3 cm³/mol. The highest BCUT2D eigenvalue weighted by molar-refractivity contribution is 7.89. The molecule has 0 unspecified atom stereocenters. The number of H-pyrrole nitrogens is 1. The van der Waals surface area contributed by atoms with Crippen LogP contribution in [0.4, 0.5) is 0 Å². The number of nitrogens with zero attached hydrogens (tertiary/aromatic N) is 1. The summed E-state index contributed by atoms with van der Waals surface area (Å²) in [5.74, 6) is 0.257. The Balaban J connectivity index is 1.68. The second kappa shape index (κ2) is 6.59. The van der Waals surface area contributed by atoms with E-state index in [1.54, 1.807) is 12.1 Å². The Hall–Kier alpha value is -2.06. The van der Waals surface area contributed by atoms with Gasteiger partial charge in [-0.05, 0) is 31.0 Å². The van der Waals surface area contributed by atoms with Gasteiger partial charge in [-0.15, -0.1) is 0 Å². The summed E-state index contributed by atoms with van der Waals surface area (Å²) in [6.45, 7) is 1.32. The lowest BCUT2D eigenvalue weighted by Gasteiger charge is -2.25. The third-order valence-corrected chi connectivity index (χ3v) is 5.73. The van der Waals surface area contributed by atoms with Crippen LogP contribution in [0.5, 0.6) is 0 Å². The van der Waals surface area contributed by atoms with Crippen LogP contribution < -0.4 is 5.32 Å². The van der Waals surface area contributed by atoms with Crippen molar-refractivity contribution in [1.29, 1.82) is 0 Å². The maximum absolute atomic E-state index is 12.5.